The number of nitrogens with one attached hydrogen (secondary N) is 2. The van der Waals surface area contributed by atoms with Gasteiger partial charge in [-0.15, -0.1) is 12.4 Å². The van der Waals surface area contributed by atoms with E-state index < -0.39 is 0 Å². The molecule has 2 atom stereocenters. The van der Waals surface area contributed by atoms with Crippen LogP contribution in [-0.4, -0.2) is 39.9 Å². The molecule has 25 heavy (non-hydrogen) atoms. The minimum atomic E-state index is -0.149. The predicted octanol–water partition coefficient (Wildman–Crippen LogP) is 2.30. The zero-order chi connectivity index (χ0) is 16.9. The predicted molar refractivity (Wildman–Crippen MR) is 99.4 cm³/mol. The van der Waals surface area contributed by atoms with Gasteiger partial charge in [0.1, 0.15) is 11.4 Å². The van der Waals surface area contributed by atoms with Gasteiger partial charge in [0.15, 0.2) is 0 Å². The monoisotopic (exact) mass is 364 g/mol. The number of carbonyl (C=O) groups excluding carboxylic acids is 1. The number of phenolic OH excluding ortho intramolecular Hbond substituents is 1. The molecule has 2 aromatic rings. The van der Waals surface area contributed by atoms with Gasteiger partial charge >= 0.3 is 0 Å². The van der Waals surface area contributed by atoms with Crippen molar-refractivity contribution in [3.63, 3.8) is 0 Å². The third-order valence-electron chi connectivity index (χ3n) is 4.34. The van der Waals surface area contributed by atoms with Gasteiger partial charge in [0, 0.05) is 18.8 Å². The summed E-state index contributed by atoms with van der Waals surface area (Å²) in [4.78, 5) is 12.4. The molecule has 0 radical (unpaired) electrons. The number of aromatic hydroxyl groups is 1. The number of phenols is 1. The van der Waals surface area contributed by atoms with Crippen LogP contribution in [-0.2, 0) is 6.42 Å². The molecular formula is C18H25ClN4O2. The molecule has 1 aromatic carbocycles. The van der Waals surface area contributed by atoms with E-state index in [1.807, 2.05) is 29.9 Å². The smallest absolute Gasteiger partial charge is 0.271 e. The molecular weight excluding hydrogens is 340 g/mol. The van der Waals surface area contributed by atoms with Gasteiger partial charge in [-0.25, -0.2) is 0 Å². The zero-order valence-electron chi connectivity index (χ0n) is 14.3. The first-order valence-corrected chi connectivity index (χ1v) is 8.46. The Kier molecular flexibility index (Phi) is 6.84. The molecule has 1 aromatic heterocycles. The van der Waals surface area contributed by atoms with E-state index in [2.05, 4.69) is 15.7 Å². The van der Waals surface area contributed by atoms with Crippen molar-refractivity contribution >= 4 is 18.3 Å². The zero-order valence-corrected chi connectivity index (χ0v) is 15.1. The lowest BCUT2D eigenvalue weighted by Gasteiger charge is -2.22. The minimum absolute atomic E-state index is 0. The van der Waals surface area contributed by atoms with Crippen molar-refractivity contribution in [2.24, 2.45) is 0 Å². The van der Waals surface area contributed by atoms with E-state index in [0.717, 1.165) is 31.5 Å². The second-order valence-corrected chi connectivity index (χ2v) is 6.43. The minimum Gasteiger partial charge on any atom is -0.508 e. The van der Waals surface area contributed by atoms with Crippen LogP contribution >= 0.6 is 12.4 Å². The van der Waals surface area contributed by atoms with Crippen LogP contribution < -0.4 is 10.6 Å². The van der Waals surface area contributed by atoms with Crippen LogP contribution in [0.1, 0.15) is 41.9 Å². The Morgan fingerprint density at radius 1 is 1.40 bits per heavy atom. The first kappa shape index (κ1) is 19.3. The number of benzene rings is 1. The largest absolute Gasteiger partial charge is 0.508 e. The van der Waals surface area contributed by atoms with Gasteiger partial charge in [-0.2, -0.15) is 5.10 Å². The Balaban J connectivity index is 0.00000225. The second kappa shape index (κ2) is 8.87. The molecule has 2 heterocycles. The van der Waals surface area contributed by atoms with Crippen LogP contribution in [0.15, 0.2) is 36.5 Å². The molecule has 1 saturated heterocycles. The Morgan fingerprint density at radius 3 is 2.84 bits per heavy atom. The molecule has 0 bridgehead atoms. The lowest BCUT2D eigenvalue weighted by atomic mass is 10.1. The fourth-order valence-corrected chi connectivity index (χ4v) is 3.06. The maximum absolute atomic E-state index is 12.4. The molecule has 0 aliphatic carbocycles. The molecule has 0 saturated carbocycles. The van der Waals surface area contributed by atoms with E-state index in [4.69, 9.17) is 0 Å². The summed E-state index contributed by atoms with van der Waals surface area (Å²) in [6, 6.07) is 9.13. The molecule has 1 amide bonds. The molecule has 1 aliphatic rings. The van der Waals surface area contributed by atoms with Gasteiger partial charge in [0.25, 0.3) is 5.91 Å². The third kappa shape index (κ3) is 5.21. The number of hydrogen-bond donors (Lipinski definition) is 3. The van der Waals surface area contributed by atoms with Crippen molar-refractivity contribution in [3.05, 3.63) is 47.8 Å². The van der Waals surface area contributed by atoms with Crippen molar-refractivity contribution in [2.75, 3.05) is 13.1 Å². The van der Waals surface area contributed by atoms with Gasteiger partial charge in [0.05, 0.1) is 6.04 Å². The topological polar surface area (TPSA) is 79.2 Å². The number of hydrogen-bond acceptors (Lipinski definition) is 4. The lowest BCUT2D eigenvalue weighted by Crippen LogP contribution is -2.35. The molecule has 1 fully saturated rings. The van der Waals surface area contributed by atoms with Crippen LogP contribution in [0.3, 0.4) is 0 Å². The SMILES string of the molecule is CC(Cc1ccc(O)cc1)NC(=O)c1ccn(C2CCCNC2)n1.Cl. The van der Waals surface area contributed by atoms with Crippen molar-refractivity contribution in [1.29, 1.82) is 0 Å². The number of halogens is 1. The van der Waals surface area contributed by atoms with Crippen LogP contribution in [0.5, 0.6) is 5.75 Å². The standard InChI is InChI=1S/C18H24N4O2.ClH/c1-13(11-14-4-6-16(23)7-5-14)20-18(24)17-8-10-22(21-17)15-3-2-9-19-12-15;/h4-8,10,13,15,19,23H,2-3,9,11-12H2,1H3,(H,20,24);1H. The van der Waals surface area contributed by atoms with E-state index in [1.54, 1.807) is 18.2 Å². The van der Waals surface area contributed by atoms with Gasteiger partial charge < -0.3 is 15.7 Å². The summed E-state index contributed by atoms with van der Waals surface area (Å²) < 4.78 is 1.89. The van der Waals surface area contributed by atoms with Gasteiger partial charge in [-0.05, 0) is 56.5 Å². The molecule has 1 aliphatic heterocycles. The lowest BCUT2D eigenvalue weighted by molar-refractivity contribution is 0.0933. The van der Waals surface area contributed by atoms with E-state index in [0.29, 0.717) is 18.2 Å². The number of aromatic nitrogens is 2. The normalized spacial score (nSPS) is 18.2. The van der Waals surface area contributed by atoms with Gasteiger partial charge in [0.2, 0.25) is 0 Å². The Hall–Kier alpha value is -2.05. The molecule has 136 valence electrons. The van der Waals surface area contributed by atoms with E-state index in [9.17, 15) is 9.90 Å². The quantitative estimate of drug-likeness (QED) is 0.760. The Morgan fingerprint density at radius 2 is 2.16 bits per heavy atom. The fourth-order valence-electron chi connectivity index (χ4n) is 3.06. The number of carbonyl (C=O) groups is 1. The Bertz CT molecular complexity index is 681. The average molecular weight is 365 g/mol. The van der Waals surface area contributed by atoms with Crippen LogP contribution in [0.2, 0.25) is 0 Å². The number of rotatable bonds is 5. The summed E-state index contributed by atoms with van der Waals surface area (Å²) in [6.45, 7) is 3.92. The van der Waals surface area contributed by atoms with E-state index in [-0.39, 0.29) is 30.1 Å². The van der Waals surface area contributed by atoms with Crippen LogP contribution in [0.4, 0.5) is 0 Å². The molecule has 3 rings (SSSR count). The van der Waals surface area contributed by atoms with E-state index >= 15 is 0 Å². The highest BCUT2D eigenvalue weighted by Gasteiger charge is 2.18. The van der Waals surface area contributed by atoms with Crippen molar-refractivity contribution in [2.45, 2.75) is 38.3 Å². The van der Waals surface area contributed by atoms with Gasteiger partial charge in [-0.1, -0.05) is 12.1 Å². The fraction of sp³-hybridized carbons (Fsp3) is 0.444. The highest BCUT2D eigenvalue weighted by Crippen LogP contribution is 2.16. The maximum atomic E-state index is 12.4. The molecule has 0 spiro atoms. The summed E-state index contributed by atoms with van der Waals surface area (Å²) in [5.74, 6) is 0.0991. The Labute approximate surface area is 154 Å². The first-order chi connectivity index (χ1) is 11.6. The number of nitrogens with zero attached hydrogens (tertiary/aromatic N) is 2. The van der Waals surface area contributed by atoms with Crippen molar-refractivity contribution < 1.29 is 9.90 Å². The van der Waals surface area contributed by atoms with Crippen molar-refractivity contribution in [1.82, 2.24) is 20.4 Å². The van der Waals surface area contributed by atoms with Crippen LogP contribution in [0.25, 0.3) is 0 Å². The first-order valence-electron chi connectivity index (χ1n) is 8.46. The van der Waals surface area contributed by atoms with Gasteiger partial charge in [-0.3, -0.25) is 9.48 Å². The van der Waals surface area contributed by atoms with E-state index in [1.165, 1.54) is 0 Å². The highest BCUT2D eigenvalue weighted by molar-refractivity contribution is 5.92. The summed E-state index contributed by atoms with van der Waals surface area (Å²) in [5, 5.41) is 20.1. The van der Waals surface area contributed by atoms with Crippen molar-refractivity contribution in [3.8, 4) is 5.75 Å². The second-order valence-electron chi connectivity index (χ2n) is 6.43. The number of piperidine rings is 1. The summed E-state index contributed by atoms with van der Waals surface area (Å²) in [7, 11) is 0. The molecule has 2 unspecified atom stereocenters. The number of amides is 1. The molecule has 3 N–H and O–H groups in total. The molecule has 7 heteroatoms. The average Bonchev–Trinajstić information content (AvgIpc) is 3.08. The summed E-state index contributed by atoms with van der Waals surface area (Å²) in [5.41, 5.74) is 1.53. The summed E-state index contributed by atoms with van der Waals surface area (Å²) >= 11 is 0. The molecule has 6 nitrogen and oxygen atoms in total. The third-order valence-corrected chi connectivity index (χ3v) is 4.34. The summed E-state index contributed by atoms with van der Waals surface area (Å²) in [6.07, 6.45) is 4.82. The highest BCUT2D eigenvalue weighted by atomic mass is 35.5. The van der Waals surface area contributed by atoms with Crippen LogP contribution in [0, 0.1) is 0 Å². The maximum Gasteiger partial charge on any atom is 0.271 e.